The predicted molar refractivity (Wildman–Crippen MR) is 88.6 cm³/mol. The van der Waals surface area contributed by atoms with Crippen molar-refractivity contribution in [2.45, 2.75) is 83.3 Å². The summed E-state index contributed by atoms with van der Waals surface area (Å²) in [6.45, 7) is 5.79. The Morgan fingerprint density at radius 2 is 1.81 bits per heavy atom. The summed E-state index contributed by atoms with van der Waals surface area (Å²) in [6.07, 6.45) is 10.5. The van der Waals surface area contributed by atoms with Crippen molar-refractivity contribution in [3.8, 4) is 0 Å². The fourth-order valence-electron chi connectivity index (χ4n) is 3.65. The molecule has 0 spiro atoms. The zero-order valence-electron chi connectivity index (χ0n) is 13.8. The quantitative estimate of drug-likeness (QED) is 0.540. The van der Waals surface area contributed by atoms with Gasteiger partial charge in [0, 0.05) is 12.6 Å². The summed E-state index contributed by atoms with van der Waals surface area (Å²) in [6, 6.07) is 0.545. The van der Waals surface area contributed by atoms with Gasteiger partial charge in [0.2, 0.25) is 0 Å². The van der Waals surface area contributed by atoms with Crippen molar-refractivity contribution < 1.29 is 5.11 Å². The third-order valence-corrected chi connectivity index (χ3v) is 5.17. The van der Waals surface area contributed by atoms with Crippen LogP contribution in [-0.4, -0.2) is 35.8 Å². The van der Waals surface area contributed by atoms with E-state index in [-0.39, 0.29) is 0 Å². The van der Waals surface area contributed by atoms with Crippen molar-refractivity contribution in [1.82, 2.24) is 10.6 Å². The van der Waals surface area contributed by atoms with E-state index in [0.717, 1.165) is 44.1 Å². The van der Waals surface area contributed by atoms with E-state index in [1.165, 1.54) is 32.1 Å². The first-order valence-electron chi connectivity index (χ1n) is 8.92. The van der Waals surface area contributed by atoms with Crippen molar-refractivity contribution in [3.63, 3.8) is 0 Å². The van der Waals surface area contributed by atoms with Gasteiger partial charge in [0.05, 0.1) is 12.1 Å². The molecule has 4 nitrogen and oxygen atoms in total. The largest absolute Gasteiger partial charge is 0.388 e. The molecule has 2 fully saturated rings. The molecule has 0 aromatic carbocycles. The standard InChI is InChI=1S/C17H33N3O/c1-3-14-7-9-15(10-8-14)20-16(18-4-2)19-13-17(21)11-5-6-12-17/h14-15,21H,3-13H2,1-2H3,(H2,18,19,20). The van der Waals surface area contributed by atoms with Gasteiger partial charge in [-0.25, -0.2) is 0 Å². The van der Waals surface area contributed by atoms with Crippen LogP contribution in [0.5, 0.6) is 0 Å². The fourth-order valence-corrected chi connectivity index (χ4v) is 3.65. The number of aliphatic imine (C=N–C) groups is 1. The van der Waals surface area contributed by atoms with Crippen LogP contribution >= 0.6 is 0 Å². The van der Waals surface area contributed by atoms with Crippen molar-refractivity contribution in [2.75, 3.05) is 13.1 Å². The Morgan fingerprint density at radius 1 is 1.14 bits per heavy atom. The first kappa shape index (κ1) is 16.6. The normalized spacial score (nSPS) is 29.4. The highest BCUT2D eigenvalue weighted by Crippen LogP contribution is 2.29. The van der Waals surface area contributed by atoms with Gasteiger partial charge >= 0.3 is 0 Å². The van der Waals surface area contributed by atoms with E-state index in [9.17, 15) is 5.11 Å². The second kappa shape index (κ2) is 8.02. The molecular weight excluding hydrogens is 262 g/mol. The Bertz CT molecular complexity index is 329. The molecule has 2 aliphatic rings. The van der Waals surface area contributed by atoms with E-state index >= 15 is 0 Å². The van der Waals surface area contributed by atoms with Crippen LogP contribution in [0, 0.1) is 5.92 Å². The molecule has 0 aliphatic heterocycles. The maximum Gasteiger partial charge on any atom is 0.191 e. The van der Waals surface area contributed by atoms with Gasteiger partial charge in [-0.2, -0.15) is 0 Å². The zero-order chi connectivity index (χ0) is 15.1. The van der Waals surface area contributed by atoms with Crippen LogP contribution in [-0.2, 0) is 0 Å². The van der Waals surface area contributed by atoms with Gasteiger partial charge in [-0.3, -0.25) is 4.99 Å². The molecule has 0 aromatic heterocycles. The molecule has 122 valence electrons. The minimum atomic E-state index is -0.553. The second-order valence-electron chi connectivity index (χ2n) is 6.90. The molecule has 0 heterocycles. The monoisotopic (exact) mass is 295 g/mol. The number of guanidine groups is 1. The van der Waals surface area contributed by atoms with Gasteiger partial charge in [0.15, 0.2) is 5.96 Å². The molecule has 2 rings (SSSR count). The Balaban J connectivity index is 1.83. The number of hydrogen-bond acceptors (Lipinski definition) is 2. The summed E-state index contributed by atoms with van der Waals surface area (Å²) in [5, 5.41) is 17.3. The number of nitrogens with zero attached hydrogens (tertiary/aromatic N) is 1. The Labute approximate surface area is 129 Å². The number of hydrogen-bond donors (Lipinski definition) is 3. The van der Waals surface area contributed by atoms with Gasteiger partial charge in [0.1, 0.15) is 0 Å². The van der Waals surface area contributed by atoms with E-state index in [1.807, 2.05) is 0 Å². The van der Waals surface area contributed by atoms with E-state index < -0.39 is 5.60 Å². The van der Waals surface area contributed by atoms with E-state index in [4.69, 9.17) is 0 Å². The highest BCUT2D eigenvalue weighted by Gasteiger charge is 2.31. The van der Waals surface area contributed by atoms with Gasteiger partial charge in [0.25, 0.3) is 0 Å². The third-order valence-electron chi connectivity index (χ3n) is 5.17. The maximum absolute atomic E-state index is 10.4. The minimum Gasteiger partial charge on any atom is -0.388 e. The first-order valence-corrected chi connectivity index (χ1v) is 8.92. The lowest BCUT2D eigenvalue weighted by Crippen LogP contribution is -2.45. The van der Waals surface area contributed by atoms with E-state index in [1.54, 1.807) is 0 Å². The molecule has 0 aromatic rings. The molecule has 0 amide bonds. The van der Waals surface area contributed by atoms with Crippen LogP contribution in [0.15, 0.2) is 4.99 Å². The summed E-state index contributed by atoms with van der Waals surface area (Å²) in [5.41, 5.74) is -0.553. The fraction of sp³-hybridized carbons (Fsp3) is 0.941. The smallest absolute Gasteiger partial charge is 0.191 e. The van der Waals surface area contributed by atoms with Crippen LogP contribution in [0.1, 0.15) is 71.6 Å². The summed E-state index contributed by atoms with van der Waals surface area (Å²) < 4.78 is 0. The molecule has 21 heavy (non-hydrogen) atoms. The molecular formula is C17H33N3O. The van der Waals surface area contributed by atoms with Crippen LogP contribution in [0.2, 0.25) is 0 Å². The van der Waals surface area contributed by atoms with Gasteiger partial charge in [-0.1, -0.05) is 26.2 Å². The summed E-state index contributed by atoms with van der Waals surface area (Å²) in [7, 11) is 0. The average Bonchev–Trinajstić information content (AvgIpc) is 2.93. The highest BCUT2D eigenvalue weighted by molar-refractivity contribution is 5.80. The summed E-state index contributed by atoms with van der Waals surface area (Å²) in [4.78, 5) is 4.64. The molecule has 0 radical (unpaired) electrons. The number of nitrogens with one attached hydrogen (secondary N) is 2. The van der Waals surface area contributed by atoms with E-state index in [2.05, 4.69) is 29.5 Å². The lowest BCUT2D eigenvalue weighted by Gasteiger charge is -2.30. The van der Waals surface area contributed by atoms with Crippen LogP contribution in [0.25, 0.3) is 0 Å². The topological polar surface area (TPSA) is 56.7 Å². The Morgan fingerprint density at radius 3 is 2.38 bits per heavy atom. The predicted octanol–water partition coefficient (Wildman–Crippen LogP) is 2.82. The second-order valence-corrected chi connectivity index (χ2v) is 6.90. The SMILES string of the molecule is CCNC(=NCC1(O)CCCC1)NC1CCC(CC)CC1. The van der Waals surface area contributed by atoms with Gasteiger partial charge in [-0.05, 0) is 51.4 Å². The van der Waals surface area contributed by atoms with Crippen molar-refractivity contribution in [1.29, 1.82) is 0 Å². The first-order chi connectivity index (χ1) is 10.1. The molecule has 4 heteroatoms. The Kier molecular flexibility index (Phi) is 6.34. The van der Waals surface area contributed by atoms with Gasteiger partial charge in [-0.15, -0.1) is 0 Å². The van der Waals surface area contributed by atoms with E-state index in [0.29, 0.717) is 12.6 Å². The molecule has 3 N–H and O–H groups in total. The molecule has 0 bridgehead atoms. The molecule has 0 saturated heterocycles. The Hall–Kier alpha value is -0.770. The maximum atomic E-state index is 10.4. The van der Waals surface area contributed by atoms with Crippen LogP contribution in [0.3, 0.4) is 0 Å². The van der Waals surface area contributed by atoms with Crippen LogP contribution < -0.4 is 10.6 Å². The summed E-state index contributed by atoms with van der Waals surface area (Å²) >= 11 is 0. The highest BCUT2D eigenvalue weighted by atomic mass is 16.3. The third kappa shape index (κ3) is 5.17. The van der Waals surface area contributed by atoms with Crippen molar-refractivity contribution in [3.05, 3.63) is 0 Å². The van der Waals surface area contributed by atoms with Crippen molar-refractivity contribution >= 4 is 5.96 Å². The van der Waals surface area contributed by atoms with Gasteiger partial charge < -0.3 is 15.7 Å². The average molecular weight is 295 g/mol. The lowest BCUT2D eigenvalue weighted by atomic mass is 9.84. The number of aliphatic hydroxyl groups is 1. The van der Waals surface area contributed by atoms with Crippen LogP contribution in [0.4, 0.5) is 0 Å². The molecule has 2 saturated carbocycles. The summed E-state index contributed by atoms with van der Waals surface area (Å²) in [5.74, 6) is 1.81. The minimum absolute atomic E-state index is 0.534. The molecule has 0 atom stereocenters. The van der Waals surface area contributed by atoms with Crippen molar-refractivity contribution in [2.24, 2.45) is 10.9 Å². The zero-order valence-corrected chi connectivity index (χ0v) is 13.8. The number of rotatable bonds is 5. The molecule has 2 aliphatic carbocycles. The molecule has 0 unspecified atom stereocenters. The lowest BCUT2D eigenvalue weighted by molar-refractivity contribution is 0.0574.